The molecule has 0 amide bonds. The van der Waals surface area contributed by atoms with Crippen LogP contribution in [0.1, 0.15) is 43.6 Å². The van der Waals surface area contributed by atoms with Crippen molar-refractivity contribution in [3.63, 3.8) is 0 Å². The Kier molecular flexibility index (Phi) is 7.02. The van der Waals surface area contributed by atoms with Gasteiger partial charge in [0.15, 0.2) is 0 Å². The molecule has 0 spiro atoms. The topological polar surface area (TPSA) is 69.6 Å². The molecule has 0 saturated carbocycles. The van der Waals surface area contributed by atoms with E-state index in [1.807, 2.05) is 0 Å². The first-order valence-electron chi connectivity index (χ1n) is 9.21. The summed E-state index contributed by atoms with van der Waals surface area (Å²) in [5.74, 6) is -1.06. The number of halogens is 3. The van der Waals surface area contributed by atoms with Crippen LogP contribution < -0.4 is 4.90 Å². The minimum Gasteiger partial charge on any atom is -0.475 e. The predicted molar refractivity (Wildman–Crippen MR) is 95.7 cm³/mol. The van der Waals surface area contributed by atoms with Crippen LogP contribution >= 0.6 is 0 Å². The second-order valence-electron chi connectivity index (χ2n) is 7.41. The number of anilines is 1. The molecular formula is C18H27F3N4O2. The van der Waals surface area contributed by atoms with Crippen LogP contribution in [0, 0.1) is 12.8 Å². The lowest BCUT2D eigenvalue weighted by atomic mass is 10.0. The van der Waals surface area contributed by atoms with Gasteiger partial charge in [-0.25, -0.2) is 14.8 Å². The number of hydrogen-bond donors (Lipinski definition) is 1. The molecular weight excluding hydrogens is 361 g/mol. The fourth-order valence-electron chi connectivity index (χ4n) is 3.35. The Morgan fingerprint density at radius 3 is 2.30 bits per heavy atom. The van der Waals surface area contributed by atoms with Gasteiger partial charge in [-0.2, -0.15) is 13.2 Å². The van der Waals surface area contributed by atoms with E-state index in [9.17, 15) is 13.2 Å². The molecule has 9 heteroatoms. The molecule has 1 aromatic rings. The number of rotatable bonds is 3. The molecule has 27 heavy (non-hydrogen) atoms. The Bertz CT molecular complexity index is 659. The lowest BCUT2D eigenvalue weighted by molar-refractivity contribution is -0.192. The molecule has 1 fully saturated rings. The summed E-state index contributed by atoms with van der Waals surface area (Å²) in [6, 6.07) is 0. The number of nitrogens with zero attached hydrogens (tertiary/aromatic N) is 4. The van der Waals surface area contributed by atoms with Crippen molar-refractivity contribution in [3.8, 4) is 0 Å². The second-order valence-corrected chi connectivity index (χ2v) is 7.41. The molecule has 0 radical (unpaired) electrons. The Morgan fingerprint density at radius 1 is 1.19 bits per heavy atom. The van der Waals surface area contributed by atoms with E-state index < -0.39 is 12.1 Å². The average Bonchev–Trinajstić information content (AvgIpc) is 3.09. The lowest BCUT2D eigenvalue weighted by Gasteiger charge is -2.31. The summed E-state index contributed by atoms with van der Waals surface area (Å²) in [6.07, 6.45) is -1.45. The quantitative estimate of drug-likeness (QED) is 0.858. The molecule has 0 aliphatic carbocycles. The van der Waals surface area contributed by atoms with Crippen LogP contribution in [0.3, 0.4) is 0 Å². The number of aryl methyl sites for hydroxylation is 1. The molecule has 1 N–H and O–H groups in total. The molecule has 6 nitrogen and oxygen atoms in total. The molecule has 152 valence electrons. The minimum atomic E-state index is -5.08. The third-order valence-corrected chi connectivity index (χ3v) is 4.59. The van der Waals surface area contributed by atoms with Gasteiger partial charge in [-0.15, -0.1) is 0 Å². The molecule has 0 atom stereocenters. The van der Waals surface area contributed by atoms with Gasteiger partial charge >= 0.3 is 12.1 Å². The van der Waals surface area contributed by atoms with E-state index in [-0.39, 0.29) is 0 Å². The standard InChI is InChI=1S/C16H26N4.C2HF3O2/c1-12(2)10-19-9-6-15-14(11-19)13(3)17-16(18-15)20-7-4-5-8-20;3-2(4,5)1(6)7/h12H,4-11H2,1-3H3;(H,6,7). The Balaban J connectivity index is 0.000000321. The summed E-state index contributed by atoms with van der Waals surface area (Å²) in [4.78, 5) is 23.4. The molecule has 0 aromatic carbocycles. The Morgan fingerprint density at radius 2 is 1.78 bits per heavy atom. The van der Waals surface area contributed by atoms with Gasteiger partial charge in [0.25, 0.3) is 0 Å². The summed E-state index contributed by atoms with van der Waals surface area (Å²) >= 11 is 0. The number of carbonyl (C=O) groups is 1. The van der Waals surface area contributed by atoms with Crippen LogP contribution in [-0.2, 0) is 17.8 Å². The molecule has 0 unspecified atom stereocenters. The van der Waals surface area contributed by atoms with E-state index >= 15 is 0 Å². The first-order chi connectivity index (χ1) is 12.6. The fraction of sp³-hybridized carbons (Fsp3) is 0.722. The molecule has 2 aliphatic heterocycles. The highest BCUT2D eigenvalue weighted by Crippen LogP contribution is 2.24. The number of aromatic nitrogens is 2. The molecule has 1 saturated heterocycles. The van der Waals surface area contributed by atoms with Gasteiger partial charge in [0, 0.05) is 50.4 Å². The van der Waals surface area contributed by atoms with E-state index in [2.05, 4.69) is 30.6 Å². The van der Waals surface area contributed by atoms with Crippen LogP contribution in [0.15, 0.2) is 0 Å². The van der Waals surface area contributed by atoms with E-state index in [0.717, 1.165) is 44.5 Å². The zero-order valence-electron chi connectivity index (χ0n) is 16.0. The summed E-state index contributed by atoms with van der Waals surface area (Å²) in [5, 5.41) is 7.12. The zero-order valence-corrected chi connectivity index (χ0v) is 16.0. The number of hydrogen-bond acceptors (Lipinski definition) is 5. The number of alkyl halides is 3. The Labute approximate surface area is 157 Å². The van der Waals surface area contributed by atoms with Crippen LogP contribution in [-0.4, -0.2) is 58.3 Å². The number of carboxylic acids is 1. The first-order valence-corrected chi connectivity index (χ1v) is 9.21. The third-order valence-electron chi connectivity index (χ3n) is 4.59. The van der Waals surface area contributed by atoms with Crippen LogP contribution in [0.25, 0.3) is 0 Å². The largest absolute Gasteiger partial charge is 0.490 e. The van der Waals surface area contributed by atoms with E-state index in [0.29, 0.717) is 0 Å². The van der Waals surface area contributed by atoms with Gasteiger partial charge in [-0.3, -0.25) is 4.90 Å². The van der Waals surface area contributed by atoms with E-state index in [1.54, 1.807) is 0 Å². The van der Waals surface area contributed by atoms with Gasteiger partial charge in [-0.05, 0) is 25.7 Å². The van der Waals surface area contributed by atoms with Crippen molar-refractivity contribution in [1.82, 2.24) is 14.9 Å². The van der Waals surface area contributed by atoms with Gasteiger partial charge in [-0.1, -0.05) is 13.8 Å². The van der Waals surface area contributed by atoms with Crippen molar-refractivity contribution >= 4 is 11.9 Å². The second kappa shape index (κ2) is 8.86. The van der Waals surface area contributed by atoms with E-state index in [4.69, 9.17) is 19.9 Å². The van der Waals surface area contributed by atoms with Gasteiger partial charge < -0.3 is 10.0 Å². The van der Waals surface area contributed by atoms with Crippen molar-refractivity contribution in [2.45, 2.75) is 52.8 Å². The predicted octanol–water partition coefficient (Wildman–Crippen LogP) is 3.03. The van der Waals surface area contributed by atoms with Gasteiger partial charge in [0.1, 0.15) is 0 Å². The highest BCUT2D eigenvalue weighted by Gasteiger charge is 2.38. The molecule has 1 aromatic heterocycles. The number of aliphatic carboxylic acids is 1. The third kappa shape index (κ3) is 6.05. The molecule has 3 heterocycles. The summed E-state index contributed by atoms with van der Waals surface area (Å²) < 4.78 is 31.7. The fourth-order valence-corrected chi connectivity index (χ4v) is 3.35. The van der Waals surface area contributed by atoms with Gasteiger partial charge in [0.2, 0.25) is 5.95 Å². The monoisotopic (exact) mass is 388 g/mol. The van der Waals surface area contributed by atoms with Crippen molar-refractivity contribution in [3.05, 3.63) is 17.0 Å². The maximum atomic E-state index is 10.6. The summed E-state index contributed by atoms with van der Waals surface area (Å²) in [7, 11) is 0. The maximum Gasteiger partial charge on any atom is 0.490 e. The zero-order chi connectivity index (χ0) is 20.2. The van der Waals surface area contributed by atoms with Crippen molar-refractivity contribution in [1.29, 1.82) is 0 Å². The lowest BCUT2D eigenvalue weighted by Crippen LogP contribution is -2.35. The minimum absolute atomic E-state index is 0.724. The number of carboxylic acid groups (broad SMARTS) is 1. The van der Waals surface area contributed by atoms with Crippen LogP contribution in [0.2, 0.25) is 0 Å². The van der Waals surface area contributed by atoms with Crippen molar-refractivity contribution < 1.29 is 23.1 Å². The summed E-state index contributed by atoms with van der Waals surface area (Å²) in [6.45, 7) is 12.3. The first kappa shape index (κ1) is 21.4. The molecule has 0 bridgehead atoms. The molecule has 2 aliphatic rings. The number of fused-ring (bicyclic) bond motifs is 1. The van der Waals surface area contributed by atoms with Crippen molar-refractivity contribution in [2.24, 2.45) is 5.92 Å². The highest BCUT2D eigenvalue weighted by molar-refractivity contribution is 5.73. The van der Waals surface area contributed by atoms with Crippen LogP contribution in [0.5, 0.6) is 0 Å². The van der Waals surface area contributed by atoms with Gasteiger partial charge in [0.05, 0.1) is 5.69 Å². The van der Waals surface area contributed by atoms with Crippen molar-refractivity contribution in [2.75, 3.05) is 31.1 Å². The molecule has 3 rings (SSSR count). The normalized spacial score (nSPS) is 17.5. The van der Waals surface area contributed by atoms with Crippen LogP contribution in [0.4, 0.5) is 19.1 Å². The SMILES string of the molecule is Cc1nc(N2CCCC2)nc2c1CN(CC(C)C)CC2.O=C(O)C(F)(F)F. The van der Waals surface area contributed by atoms with E-state index in [1.165, 1.54) is 36.3 Å². The average molecular weight is 388 g/mol. The highest BCUT2D eigenvalue weighted by atomic mass is 19.4. The summed E-state index contributed by atoms with van der Waals surface area (Å²) in [5.41, 5.74) is 3.85. The smallest absolute Gasteiger partial charge is 0.475 e. The Hall–Kier alpha value is -1.90. The maximum absolute atomic E-state index is 10.6.